The summed E-state index contributed by atoms with van der Waals surface area (Å²) in [4.78, 5) is 12.3. The molecule has 2 heterocycles. The fourth-order valence-corrected chi connectivity index (χ4v) is 3.66. The van der Waals surface area contributed by atoms with E-state index in [-0.39, 0.29) is 12.3 Å². The molecule has 0 saturated heterocycles. The first-order valence-corrected chi connectivity index (χ1v) is 8.90. The topological polar surface area (TPSA) is 80.9 Å². The number of fused-ring (bicyclic) bond motifs is 1. The van der Waals surface area contributed by atoms with Gasteiger partial charge in [0.1, 0.15) is 10.7 Å². The first-order valence-electron chi connectivity index (χ1n) is 8.08. The second-order valence-corrected chi connectivity index (χ2v) is 6.82. The molecule has 0 spiro atoms. The van der Waals surface area contributed by atoms with Crippen molar-refractivity contribution in [3.05, 3.63) is 34.5 Å². The van der Waals surface area contributed by atoms with Crippen LogP contribution in [0.5, 0.6) is 0 Å². The maximum Gasteiger partial charge on any atom is 0.232 e. The van der Waals surface area contributed by atoms with E-state index < -0.39 is 0 Å². The van der Waals surface area contributed by atoms with E-state index in [2.05, 4.69) is 34.5 Å². The molecule has 3 rings (SSSR count). The minimum absolute atomic E-state index is 0.149. The van der Waals surface area contributed by atoms with Crippen molar-refractivity contribution in [1.82, 2.24) is 15.4 Å². The molecule has 7 heteroatoms. The van der Waals surface area contributed by atoms with Crippen LogP contribution in [0.2, 0.25) is 0 Å². The Morgan fingerprint density at radius 3 is 2.83 bits per heavy atom. The van der Waals surface area contributed by atoms with E-state index in [4.69, 9.17) is 4.52 Å². The van der Waals surface area contributed by atoms with Crippen molar-refractivity contribution >= 4 is 33.3 Å². The van der Waals surface area contributed by atoms with Gasteiger partial charge in [0, 0.05) is 11.3 Å². The molecule has 2 aromatic heterocycles. The van der Waals surface area contributed by atoms with Crippen molar-refractivity contribution in [2.24, 2.45) is 0 Å². The molecular formula is C17H20N4O2S. The summed E-state index contributed by atoms with van der Waals surface area (Å²) in [6, 6.07) is 5.80. The number of benzene rings is 1. The largest absolute Gasteiger partial charge is 0.356 e. The third-order valence-corrected chi connectivity index (χ3v) is 5.05. The lowest BCUT2D eigenvalue weighted by molar-refractivity contribution is -0.115. The predicted molar refractivity (Wildman–Crippen MR) is 94.3 cm³/mol. The highest BCUT2D eigenvalue weighted by Crippen LogP contribution is 2.28. The van der Waals surface area contributed by atoms with Gasteiger partial charge in [-0.05, 0) is 31.9 Å². The zero-order valence-corrected chi connectivity index (χ0v) is 14.8. The number of nitrogens with zero attached hydrogens (tertiary/aromatic N) is 3. The first-order chi connectivity index (χ1) is 11.6. The van der Waals surface area contributed by atoms with E-state index >= 15 is 0 Å². The Balaban J connectivity index is 1.70. The van der Waals surface area contributed by atoms with E-state index in [9.17, 15) is 4.79 Å². The zero-order chi connectivity index (χ0) is 17.1. The summed E-state index contributed by atoms with van der Waals surface area (Å²) in [5.41, 5.74) is 2.43. The van der Waals surface area contributed by atoms with Crippen LogP contribution >= 0.6 is 11.3 Å². The van der Waals surface area contributed by atoms with Crippen LogP contribution in [0, 0.1) is 6.92 Å². The van der Waals surface area contributed by atoms with Crippen LogP contribution in [0.1, 0.15) is 48.9 Å². The van der Waals surface area contributed by atoms with Gasteiger partial charge in [0.05, 0.1) is 6.42 Å². The smallest absolute Gasteiger partial charge is 0.232 e. The zero-order valence-electron chi connectivity index (χ0n) is 14.0. The Hall–Kier alpha value is -2.28. The van der Waals surface area contributed by atoms with Crippen LogP contribution in [0.25, 0.3) is 11.0 Å². The first kappa shape index (κ1) is 16.6. The van der Waals surface area contributed by atoms with Gasteiger partial charge in [-0.2, -0.15) is 0 Å². The van der Waals surface area contributed by atoms with Crippen LogP contribution in [-0.2, 0) is 11.2 Å². The lowest BCUT2D eigenvalue weighted by Crippen LogP contribution is -2.14. The van der Waals surface area contributed by atoms with Gasteiger partial charge in [-0.1, -0.05) is 42.0 Å². The summed E-state index contributed by atoms with van der Waals surface area (Å²) in [5, 5.41) is 17.5. The molecule has 0 atom stereocenters. The fraction of sp³-hybridized carbons (Fsp3) is 0.412. The van der Waals surface area contributed by atoms with E-state index in [0.29, 0.717) is 22.3 Å². The molecule has 0 aliphatic heterocycles. The molecule has 0 unspecified atom stereocenters. The summed E-state index contributed by atoms with van der Waals surface area (Å²) < 4.78 is 5.26. The normalized spacial score (nSPS) is 11.3. The van der Waals surface area contributed by atoms with Crippen molar-refractivity contribution in [3.8, 4) is 0 Å². The molecule has 24 heavy (non-hydrogen) atoms. The Kier molecular flexibility index (Phi) is 4.89. The summed E-state index contributed by atoms with van der Waals surface area (Å²) in [6.45, 7) is 6.26. The number of carbonyl (C=O) groups is 1. The number of rotatable bonds is 6. The van der Waals surface area contributed by atoms with Gasteiger partial charge in [0.25, 0.3) is 0 Å². The van der Waals surface area contributed by atoms with Gasteiger partial charge in [-0.25, -0.2) is 0 Å². The predicted octanol–water partition coefficient (Wildman–Crippen LogP) is 4.07. The Morgan fingerprint density at radius 1 is 1.29 bits per heavy atom. The van der Waals surface area contributed by atoms with Crippen LogP contribution in [0.3, 0.4) is 0 Å². The highest BCUT2D eigenvalue weighted by atomic mass is 32.1. The van der Waals surface area contributed by atoms with E-state index in [1.54, 1.807) is 0 Å². The summed E-state index contributed by atoms with van der Waals surface area (Å²) in [6.07, 6.45) is 2.18. The highest BCUT2D eigenvalue weighted by molar-refractivity contribution is 7.15. The average Bonchev–Trinajstić information content (AvgIpc) is 3.16. The summed E-state index contributed by atoms with van der Waals surface area (Å²) in [7, 11) is 0. The molecule has 0 aliphatic carbocycles. The van der Waals surface area contributed by atoms with Crippen molar-refractivity contribution in [3.63, 3.8) is 0 Å². The van der Waals surface area contributed by atoms with Crippen molar-refractivity contribution in [1.29, 1.82) is 0 Å². The monoisotopic (exact) mass is 344 g/mol. The maximum atomic E-state index is 12.3. The number of hydrogen-bond acceptors (Lipinski definition) is 6. The molecule has 0 saturated carbocycles. The van der Waals surface area contributed by atoms with Gasteiger partial charge in [-0.3, -0.25) is 4.79 Å². The van der Waals surface area contributed by atoms with Gasteiger partial charge in [0.15, 0.2) is 5.58 Å². The van der Waals surface area contributed by atoms with Crippen LogP contribution in [-0.4, -0.2) is 21.3 Å². The molecule has 1 amide bonds. The third-order valence-electron chi connectivity index (χ3n) is 4.05. The van der Waals surface area contributed by atoms with Crippen LogP contribution < -0.4 is 5.32 Å². The SMILES string of the molecule is CCC(CC)c1nnc(NC(=O)Cc2noc3ccc(C)cc23)s1. The molecule has 126 valence electrons. The van der Waals surface area contributed by atoms with Crippen molar-refractivity contribution in [2.75, 3.05) is 5.32 Å². The van der Waals surface area contributed by atoms with Gasteiger partial charge in [-0.15, -0.1) is 10.2 Å². The van der Waals surface area contributed by atoms with E-state index in [1.807, 2.05) is 25.1 Å². The maximum absolute atomic E-state index is 12.3. The molecular weight excluding hydrogens is 324 g/mol. The second-order valence-electron chi connectivity index (χ2n) is 5.81. The summed E-state index contributed by atoms with van der Waals surface area (Å²) in [5.74, 6) is 0.231. The molecule has 6 nitrogen and oxygen atoms in total. The number of amides is 1. The van der Waals surface area contributed by atoms with Crippen LogP contribution in [0.4, 0.5) is 5.13 Å². The number of anilines is 1. The highest BCUT2D eigenvalue weighted by Gasteiger charge is 2.16. The quantitative estimate of drug-likeness (QED) is 0.729. The number of hydrogen-bond donors (Lipinski definition) is 1. The molecule has 0 radical (unpaired) electrons. The molecule has 1 aromatic carbocycles. The van der Waals surface area contributed by atoms with Gasteiger partial charge >= 0.3 is 0 Å². The number of nitrogens with one attached hydrogen (secondary N) is 1. The van der Waals surface area contributed by atoms with Gasteiger partial charge in [0.2, 0.25) is 11.0 Å². The lowest BCUT2D eigenvalue weighted by atomic mass is 10.1. The third kappa shape index (κ3) is 3.46. The minimum Gasteiger partial charge on any atom is -0.356 e. The number of aryl methyl sites for hydroxylation is 1. The Bertz CT molecular complexity index is 851. The molecule has 0 fully saturated rings. The summed E-state index contributed by atoms with van der Waals surface area (Å²) >= 11 is 1.44. The van der Waals surface area contributed by atoms with Crippen molar-refractivity contribution < 1.29 is 9.32 Å². The second kappa shape index (κ2) is 7.09. The van der Waals surface area contributed by atoms with E-state index in [0.717, 1.165) is 28.8 Å². The molecule has 0 aliphatic rings. The number of carbonyl (C=O) groups excluding carboxylic acids is 1. The fourth-order valence-electron chi connectivity index (χ4n) is 2.63. The average molecular weight is 344 g/mol. The molecule has 3 aromatic rings. The van der Waals surface area contributed by atoms with Crippen LogP contribution in [0.15, 0.2) is 22.7 Å². The Morgan fingerprint density at radius 2 is 2.08 bits per heavy atom. The van der Waals surface area contributed by atoms with Crippen molar-refractivity contribution in [2.45, 2.75) is 46.0 Å². The standard InChI is InChI=1S/C17H20N4O2S/c1-4-11(5-2)16-19-20-17(24-16)18-15(22)9-13-12-8-10(3)6-7-14(12)23-21-13/h6-8,11H,4-5,9H2,1-3H3,(H,18,20,22). The minimum atomic E-state index is -0.168. The Labute approximate surface area is 144 Å². The van der Waals surface area contributed by atoms with E-state index in [1.165, 1.54) is 11.3 Å². The van der Waals surface area contributed by atoms with Gasteiger partial charge < -0.3 is 9.84 Å². The molecule has 0 bridgehead atoms. The lowest BCUT2D eigenvalue weighted by Gasteiger charge is -2.05. The molecule has 1 N–H and O–H groups in total. The number of aromatic nitrogens is 3.